The van der Waals surface area contributed by atoms with Gasteiger partial charge in [-0.3, -0.25) is 0 Å². The highest BCUT2D eigenvalue weighted by atomic mass is 15.3. The van der Waals surface area contributed by atoms with Gasteiger partial charge in [-0.05, 0) is 37.1 Å². The summed E-state index contributed by atoms with van der Waals surface area (Å²) in [5, 5.41) is 7.87. The molecule has 1 aliphatic heterocycles. The van der Waals surface area contributed by atoms with Gasteiger partial charge in [0.05, 0.1) is 11.9 Å². The highest BCUT2D eigenvalue weighted by Crippen LogP contribution is 2.23. The van der Waals surface area contributed by atoms with Crippen molar-refractivity contribution in [1.82, 2.24) is 15.1 Å². The largest absolute Gasteiger partial charge is 0.316 e. The quantitative estimate of drug-likeness (QED) is 0.853. The number of benzene rings is 1. The minimum atomic E-state index is 0.632. The summed E-state index contributed by atoms with van der Waals surface area (Å²) < 4.78 is 1.99. The smallest absolute Gasteiger partial charge is 0.0674 e. The molecule has 1 aromatic carbocycles. The molecule has 0 aliphatic carbocycles. The molecule has 3 nitrogen and oxygen atoms in total. The minimum Gasteiger partial charge on any atom is -0.316 e. The number of para-hydroxylation sites is 1. The average Bonchev–Trinajstić information content (AvgIpc) is 3.00. The molecule has 88 valence electrons. The van der Waals surface area contributed by atoms with Crippen LogP contribution in [0.15, 0.2) is 36.7 Å². The van der Waals surface area contributed by atoms with Crippen molar-refractivity contribution in [2.75, 3.05) is 13.1 Å². The van der Waals surface area contributed by atoms with Gasteiger partial charge in [0, 0.05) is 18.7 Å². The van der Waals surface area contributed by atoms with Gasteiger partial charge in [0.25, 0.3) is 0 Å². The van der Waals surface area contributed by atoms with Gasteiger partial charge in [-0.2, -0.15) is 5.10 Å². The summed E-state index contributed by atoms with van der Waals surface area (Å²) >= 11 is 0. The second-order valence-electron chi connectivity index (χ2n) is 4.69. The van der Waals surface area contributed by atoms with Gasteiger partial charge in [-0.25, -0.2) is 4.68 Å². The van der Waals surface area contributed by atoms with E-state index in [0.29, 0.717) is 5.92 Å². The normalized spacial score (nSPS) is 19.7. The fourth-order valence-corrected chi connectivity index (χ4v) is 2.44. The van der Waals surface area contributed by atoms with Gasteiger partial charge < -0.3 is 5.32 Å². The Bertz CT molecular complexity index is 510. The molecule has 0 saturated carbocycles. The maximum absolute atomic E-state index is 4.48. The molecule has 0 amide bonds. The van der Waals surface area contributed by atoms with Crippen molar-refractivity contribution in [3.05, 3.63) is 47.8 Å². The molecule has 1 unspecified atom stereocenters. The third-order valence-corrected chi connectivity index (χ3v) is 3.50. The fourth-order valence-electron chi connectivity index (χ4n) is 2.44. The zero-order valence-electron chi connectivity index (χ0n) is 10.1. The molecule has 1 N–H and O–H groups in total. The van der Waals surface area contributed by atoms with Crippen LogP contribution in [-0.2, 0) is 0 Å². The van der Waals surface area contributed by atoms with Crippen molar-refractivity contribution < 1.29 is 0 Å². The van der Waals surface area contributed by atoms with Crippen LogP contribution >= 0.6 is 0 Å². The molecular formula is C14H17N3. The molecule has 2 heterocycles. The molecule has 1 aromatic heterocycles. The lowest BCUT2D eigenvalue weighted by molar-refractivity contribution is 0.762. The Kier molecular flexibility index (Phi) is 2.69. The number of hydrogen-bond acceptors (Lipinski definition) is 2. The summed E-state index contributed by atoms with van der Waals surface area (Å²) in [7, 11) is 0. The molecule has 0 spiro atoms. The lowest BCUT2D eigenvalue weighted by Crippen LogP contribution is -2.07. The highest BCUT2D eigenvalue weighted by molar-refractivity contribution is 5.39. The molecule has 1 atom stereocenters. The van der Waals surface area contributed by atoms with Crippen LogP contribution in [0.3, 0.4) is 0 Å². The van der Waals surface area contributed by atoms with E-state index in [2.05, 4.69) is 47.8 Å². The molecular weight excluding hydrogens is 210 g/mol. The first-order chi connectivity index (χ1) is 8.34. The first kappa shape index (κ1) is 10.5. The summed E-state index contributed by atoms with van der Waals surface area (Å²) in [5.41, 5.74) is 3.77. The summed E-state index contributed by atoms with van der Waals surface area (Å²) in [6.45, 7) is 4.33. The second-order valence-corrected chi connectivity index (χ2v) is 4.69. The monoisotopic (exact) mass is 227 g/mol. The molecule has 17 heavy (non-hydrogen) atoms. The van der Waals surface area contributed by atoms with Crippen LogP contribution in [0.1, 0.15) is 23.5 Å². The van der Waals surface area contributed by atoms with Crippen LogP contribution in [0.2, 0.25) is 0 Å². The molecule has 1 fully saturated rings. The van der Waals surface area contributed by atoms with Crippen LogP contribution in [0.5, 0.6) is 0 Å². The second kappa shape index (κ2) is 4.34. The highest BCUT2D eigenvalue weighted by Gasteiger charge is 2.18. The molecule has 1 saturated heterocycles. The number of nitrogens with one attached hydrogen (secondary N) is 1. The third-order valence-electron chi connectivity index (χ3n) is 3.50. The predicted octanol–water partition coefficient (Wildman–Crippen LogP) is 2.26. The Morgan fingerprint density at radius 2 is 2.24 bits per heavy atom. The van der Waals surface area contributed by atoms with Gasteiger partial charge in [-0.1, -0.05) is 18.2 Å². The maximum atomic E-state index is 4.48. The Balaban J connectivity index is 1.92. The van der Waals surface area contributed by atoms with Crippen LogP contribution in [0.25, 0.3) is 5.69 Å². The van der Waals surface area contributed by atoms with Crippen molar-refractivity contribution in [2.45, 2.75) is 19.3 Å². The Morgan fingerprint density at radius 1 is 1.35 bits per heavy atom. The van der Waals surface area contributed by atoms with Gasteiger partial charge >= 0.3 is 0 Å². The van der Waals surface area contributed by atoms with E-state index >= 15 is 0 Å². The number of aromatic nitrogens is 2. The Labute approximate surface area is 101 Å². The molecule has 3 rings (SSSR count). The molecule has 1 aliphatic rings. The van der Waals surface area contributed by atoms with Crippen LogP contribution in [0.4, 0.5) is 0 Å². The topological polar surface area (TPSA) is 29.9 Å². The zero-order chi connectivity index (χ0) is 11.7. The number of nitrogens with zero attached hydrogens (tertiary/aromatic N) is 2. The van der Waals surface area contributed by atoms with E-state index in [1.807, 2.05) is 10.9 Å². The van der Waals surface area contributed by atoms with E-state index in [-0.39, 0.29) is 0 Å². The summed E-state index contributed by atoms with van der Waals surface area (Å²) in [6.07, 6.45) is 5.39. The van der Waals surface area contributed by atoms with E-state index in [1.54, 1.807) is 0 Å². The Morgan fingerprint density at radius 3 is 3.00 bits per heavy atom. The SMILES string of the molecule is Cc1ccccc1-n1cc(C2CCNC2)cn1. The maximum Gasteiger partial charge on any atom is 0.0674 e. The third kappa shape index (κ3) is 1.98. The van der Waals surface area contributed by atoms with E-state index < -0.39 is 0 Å². The van der Waals surface area contributed by atoms with Crippen molar-refractivity contribution in [1.29, 1.82) is 0 Å². The molecule has 0 bridgehead atoms. The molecule has 3 heteroatoms. The van der Waals surface area contributed by atoms with Crippen molar-refractivity contribution in [3.63, 3.8) is 0 Å². The lowest BCUT2D eigenvalue weighted by Gasteiger charge is -2.06. The van der Waals surface area contributed by atoms with Gasteiger partial charge in [0.15, 0.2) is 0 Å². The van der Waals surface area contributed by atoms with E-state index in [0.717, 1.165) is 13.1 Å². The van der Waals surface area contributed by atoms with E-state index in [9.17, 15) is 0 Å². The fraction of sp³-hybridized carbons (Fsp3) is 0.357. The molecule has 0 radical (unpaired) electrons. The van der Waals surface area contributed by atoms with Crippen LogP contribution in [-0.4, -0.2) is 22.9 Å². The first-order valence-corrected chi connectivity index (χ1v) is 6.16. The number of aryl methyl sites for hydroxylation is 1. The van der Waals surface area contributed by atoms with Crippen molar-refractivity contribution >= 4 is 0 Å². The number of rotatable bonds is 2. The predicted molar refractivity (Wildman–Crippen MR) is 68.5 cm³/mol. The first-order valence-electron chi connectivity index (χ1n) is 6.16. The number of hydrogen-bond donors (Lipinski definition) is 1. The van der Waals surface area contributed by atoms with Gasteiger partial charge in [0.2, 0.25) is 0 Å². The van der Waals surface area contributed by atoms with E-state index in [1.165, 1.54) is 23.2 Å². The minimum absolute atomic E-state index is 0.632. The van der Waals surface area contributed by atoms with Crippen molar-refractivity contribution in [2.24, 2.45) is 0 Å². The van der Waals surface area contributed by atoms with Gasteiger partial charge in [0.1, 0.15) is 0 Å². The summed E-state index contributed by atoms with van der Waals surface area (Å²) in [4.78, 5) is 0. The lowest BCUT2D eigenvalue weighted by atomic mass is 10.0. The average molecular weight is 227 g/mol. The standard InChI is InChI=1S/C14H17N3/c1-11-4-2-3-5-14(11)17-10-13(9-16-17)12-6-7-15-8-12/h2-5,9-10,12,15H,6-8H2,1H3. The summed E-state index contributed by atoms with van der Waals surface area (Å²) in [5.74, 6) is 0.632. The van der Waals surface area contributed by atoms with Crippen LogP contribution < -0.4 is 5.32 Å². The zero-order valence-corrected chi connectivity index (χ0v) is 10.1. The van der Waals surface area contributed by atoms with Crippen LogP contribution in [0, 0.1) is 6.92 Å². The van der Waals surface area contributed by atoms with E-state index in [4.69, 9.17) is 0 Å². The molecule has 2 aromatic rings. The Hall–Kier alpha value is -1.61. The van der Waals surface area contributed by atoms with Crippen molar-refractivity contribution in [3.8, 4) is 5.69 Å². The summed E-state index contributed by atoms with van der Waals surface area (Å²) in [6, 6.07) is 8.35. The van der Waals surface area contributed by atoms with Gasteiger partial charge in [-0.15, -0.1) is 0 Å².